The summed E-state index contributed by atoms with van der Waals surface area (Å²) in [4.78, 5) is 37.8. The van der Waals surface area contributed by atoms with Crippen LogP contribution >= 0.6 is 0 Å². The standard InChI is InChI=1S/C21H24O4/c1-20-8-7-14(23)9-13(20)4-5-15-16-6-3-12(11-22)19(25)21(16,2)10-17(24)18(15)20/h3,7-9,15-16,18,22H,4-6,10-11H2,1-2H3/t15-,16-,18+,20-,21-/m0/s1. The van der Waals surface area contributed by atoms with Gasteiger partial charge in [-0.2, -0.15) is 0 Å². The highest BCUT2D eigenvalue weighted by Gasteiger charge is 2.60. The summed E-state index contributed by atoms with van der Waals surface area (Å²) in [6.07, 6.45) is 9.70. The number of Topliss-reactive ketones (excluding diaryl/α,β-unsaturated/α-hetero) is 2. The molecule has 0 aromatic rings. The maximum Gasteiger partial charge on any atom is 0.178 e. The number of aliphatic hydroxyl groups excluding tert-OH is 1. The van der Waals surface area contributed by atoms with Crippen LogP contribution in [0.1, 0.15) is 39.5 Å². The molecule has 0 spiro atoms. The minimum atomic E-state index is -0.698. The number of carbonyl (C=O) groups excluding carboxylic acids is 3. The van der Waals surface area contributed by atoms with Crippen LogP contribution in [-0.2, 0) is 14.4 Å². The number of allylic oxidation sites excluding steroid dienone is 5. The zero-order valence-corrected chi connectivity index (χ0v) is 14.7. The average Bonchev–Trinajstić information content (AvgIpc) is 2.56. The Morgan fingerprint density at radius 2 is 2.00 bits per heavy atom. The van der Waals surface area contributed by atoms with E-state index in [9.17, 15) is 19.5 Å². The number of aliphatic hydroxyl groups is 1. The van der Waals surface area contributed by atoms with Gasteiger partial charge in [0.25, 0.3) is 0 Å². The van der Waals surface area contributed by atoms with Gasteiger partial charge < -0.3 is 5.11 Å². The summed E-state index contributed by atoms with van der Waals surface area (Å²) in [6.45, 7) is 3.72. The molecule has 0 aromatic carbocycles. The van der Waals surface area contributed by atoms with E-state index in [4.69, 9.17) is 0 Å². The van der Waals surface area contributed by atoms with Crippen molar-refractivity contribution in [1.29, 1.82) is 0 Å². The third kappa shape index (κ3) is 2.13. The van der Waals surface area contributed by atoms with Crippen molar-refractivity contribution in [3.05, 3.63) is 35.5 Å². The van der Waals surface area contributed by atoms with Gasteiger partial charge in [0.1, 0.15) is 5.78 Å². The van der Waals surface area contributed by atoms with E-state index < -0.39 is 10.8 Å². The molecule has 4 aliphatic carbocycles. The largest absolute Gasteiger partial charge is 0.392 e. The Kier molecular flexibility index (Phi) is 3.56. The summed E-state index contributed by atoms with van der Waals surface area (Å²) >= 11 is 0. The molecule has 4 heteroatoms. The normalized spacial score (nSPS) is 43.0. The van der Waals surface area contributed by atoms with E-state index in [1.54, 1.807) is 12.2 Å². The van der Waals surface area contributed by atoms with Crippen LogP contribution in [-0.4, -0.2) is 29.1 Å². The molecule has 4 nitrogen and oxygen atoms in total. The average molecular weight is 340 g/mol. The Hall–Kier alpha value is -1.81. The second-order valence-corrected chi connectivity index (χ2v) is 8.49. The molecule has 0 saturated heterocycles. The van der Waals surface area contributed by atoms with Crippen molar-refractivity contribution in [2.24, 2.45) is 28.6 Å². The van der Waals surface area contributed by atoms with Crippen molar-refractivity contribution in [2.75, 3.05) is 6.61 Å². The maximum absolute atomic E-state index is 13.2. The van der Waals surface area contributed by atoms with Crippen molar-refractivity contribution in [3.8, 4) is 0 Å². The fraction of sp³-hybridized carbons (Fsp3) is 0.571. The van der Waals surface area contributed by atoms with Crippen LogP contribution in [0.15, 0.2) is 35.5 Å². The Balaban J connectivity index is 1.78. The summed E-state index contributed by atoms with van der Waals surface area (Å²) in [6, 6.07) is 0. The minimum absolute atomic E-state index is 0.00221. The number of fused-ring (bicyclic) bond motifs is 5. The maximum atomic E-state index is 13.2. The Labute approximate surface area is 147 Å². The third-order valence-electron chi connectivity index (χ3n) is 7.25. The molecule has 0 amide bonds. The van der Waals surface area contributed by atoms with Gasteiger partial charge >= 0.3 is 0 Å². The molecule has 2 fully saturated rings. The van der Waals surface area contributed by atoms with E-state index in [0.29, 0.717) is 5.57 Å². The van der Waals surface area contributed by atoms with E-state index in [-0.39, 0.29) is 48.1 Å². The van der Waals surface area contributed by atoms with Gasteiger partial charge in [0, 0.05) is 28.7 Å². The monoisotopic (exact) mass is 340 g/mol. The van der Waals surface area contributed by atoms with Gasteiger partial charge in [0.05, 0.1) is 6.61 Å². The fourth-order valence-corrected chi connectivity index (χ4v) is 5.95. The lowest BCUT2D eigenvalue weighted by Crippen LogP contribution is -2.57. The molecular weight excluding hydrogens is 316 g/mol. The number of hydrogen-bond donors (Lipinski definition) is 1. The third-order valence-corrected chi connectivity index (χ3v) is 7.25. The van der Waals surface area contributed by atoms with Gasteiger partial charge in [-0.1, -0.05) is 31.6 Å². The fourth-order valence-electron chi connectivity index (χ4n) is 5.95. The van der Waals surface area contributed by atoms with Crippen LogP contribution in [0.3, 0.4) is 0 Å². The number of ketones is 3. The second-order valence-electron chi connectivity index (χ2n) is 8.49. The van der Waals surface area contributed by atoms with Gasteiger partial charge in [0.2, 0.25) is 0 Å². The zero-order valence-electron chi connectivity index (χ0n) is 14.7. The van der Waals surface area contributed by atoms with Crippen molar-refractivity contribution in [1.82, 2.24) is 0 Å². The van der Waals surface area contributed by atoms with E-state index in [2.05, 4.69) is 6.92 Å². The SMILES string of the molecule is C[C@]12C=CC(=O)C=C1CC[C@@H]1[C@@H]2C(=O)C[C@]2(C)C(=O)C(CO)=CC[C@@H]12. The molecule has 4 rings (SSSR count). The topological polar surface area (TPSA) is 71.4 Å². The highest BCUT2D eigenvalue weighted by Crippen LogP contribution is 2.61. The Morgan fingerprint density at radius 1 is 1.24 bits per heavy atom. The van der Waals surface area contributed by atoms with Crippen LogP contribution in [0.4, 0.5) is 0 Å². The smallest absolute Gasteiger partial charge is 0.178 e. The first kappa shape index (κ1) is 16.6. The molecule has 0 aromatic heterocycles. The van der Waals surface area contributed by atoms with Crippen molar-refractivity contribution >= 4 is 17.3 Å². The van der Waals surface area contributed by atoms with E-state index in [1.165, 1.54) is 0 Å². The summed E-state index contributed by atoms with van der Waals surface area (Å²) in [5, 5.41) is 9.46. The van der Waals surface area contributed by atoms with E-state index in [1.807, 2.05) is 19.1 Å². The molecule has 0 bridgehead atoms. The first-order valence-electron chi connectivity index (χ1n) is 9.13. The molecule has 25 heavy (non-hydrogen) atoms. The van der Waals surface area contributed by atoms with Crippen LogP contribution in [0.5, 0.6) is 0 Å². The summed E-state index contributed by atoms with van der Waals surface area (Å²) in [5.74, 6) is 0.186. The molecular formula is C21H24O4. The summed E-state index contributed by atoms with van der Waals surface area (Å²) in [7, 11) is 0. The quantitative estimate of drug-likeness (QED) is 0.796. The lowest BCUT2D eigenvalue weighted by molar-refractivity contribution is -0.152. The van der Waals surface area contributed by atoms with Crippen LogP contribution < -0.4 is 0 Å². The van der Waals surface area contributed by atoms with E-state index >= 15 is 0 Å². The van der Waals surface area contributed by atoms with Crippen molar-refractivity contribution in [3.63, 3.8) is 0 Å². The second kappa shape index (κ2) is 5.34. The molecule has 4 aliphatic rings. The van der Waals surface area contributed by atoms with Crippen molar-refractivity contribution in [2.45, 2.75) is 39.5 Å². The van der Waals surface area contributed by atoms with Gasteiger partial charge in [-0.3, -0.25) is 14.4 Å². The predicted molar refractivity (Wildman–Crippen MR) is 92.6 cm³/mol. The van der Waals surface area contributed by atoms with Gasteiger partial charge in [0.15, 0.2) is 11.6 Å². The summed E-state index contributed by atoms with van der Waals surface area (Å²) < 4.78 is 0. The molecule has 0 radical (unpaired) electrons. The predicted octanol–water partition coefficient (Wildman–Crippen LogP) is 2.57. The van der Waals surface area contributed by atoms with Crippen LogP contribution in [0.25, 0.3) is 0 Å². The molecule has 0 heterocycles. The molecule has 0 aliphatic heterocycles. The van der Waals surface area contributed by atoms with Gasteiger partial charge in [-0.05, 0) is 43.3 Å². The van der Waals surface area contributed by atoms with Gasteiger partial charge in [-0.15, -0.1) is 0 Å². The number of hydrogen-bond acceptors (Lipinski definition) is 4. The number of carbonyl (C=O) groups is 3. The minimum Gasteiger partial charge on any atom is -0.392 e. The first-order chi connectivity index (χ1) is 11.8. The highest BCUT2D eigenvalue weighted by molar-refractivity contribution is 6.05. The lowest BCUT2D eigenvalue weighted by Gasteiger charge is -2.57. The highest BCUT2D eigenvalue weighted by atomic mass is 16.3. The molecule has 2 saturated carbocycles. The van der Waals surface area contributed by atoms with Crippen LogP contribution in [0, 0.1) is 28.6 Å². The van der Waals surface area contributed by atoms with E-state index in [0.717, 1.165) is 24.8 Å². The molecule has 0 unspecified atom stereocenters. The Morgan fingerprint density at radius 3 is 2.72 bits per heavy atom. The lowest BCUT2D eigenvalue weighted by atomic mass is 9.45. The van der Waals surface area contributed by atoms with Gasteiger partial charge in [-0.25, -0.2) is 0 Å². The molecule has 5 atom stereocenters. The Bertz CT molecular complexity index is 771. The van der Waals surface area contributed by atoms with Crippen LogP contribution in [0.2, 0.25) is 0 Å². The zero-order chi connectivity index (χ0) is 18.0. The summed E-state index contributed by atoms with van der Waals surface area (Å²) in [5.41, 5.74) is 0.415. The molecule has 132 valence electrons. The first-order valence-corrected chi connectivity index (χ1v) is 9.13. The van der Waals surface area contributed by atoms with Crippen molar-refractivity contribution < 1.29 is 19.5 Å². The molecule has 1 N–H and O–H groups in total. The number of rotatable bonds is 1.